The fourth-order valence-corrected chi connectivity index (χ4v) is 3.92. The summed E-state index contributed by atoms with van der Waals surface area (Å²) in [5.74, 6) is -0.271. The molecule has 2 N–H and O–H groups in total. The number of nitrogens with zero attached hydrogens (tertiary/aromatic N) is 4. The van der Waals surface area contributed by atoms with Gasteiger partial charge in [-0.25, -0.2) is 14.8 Å². The lowest BCUT2D eigenvalue weighted by molar-refractivity contribution is -0.195. The van der Waals surface area contributed by atoms with E-state index in [0.717, 1.165) is 0 Å². The summed E-state index contributed by atoms with van der Waals surface area (Å²) in [5.41, 5.74) is 5.91. The van der Waals surface area contributed by atoms with Gasteiger partial charge in [0.1, 0.15) is 35.9 Å². The predicted molar refractivity (Wildman–Crippen MR) is 109 cm³/mol. The van der Waals surface area contributed by atoms with Crippen LogP contribution in [0.1, 0.15) is 40.8 Å². The second-order valence-electron chi connectivity index (χ2n) is 9.06. The lowest BCUT2D eigenvalue weighted by atomic mass is 10.1. The second-order valence-corrected chi connectivity index (χ2v) is 9.06. The Morgan fingerprint density at radius 2 is 2.00 bits per heavy atom. The van der Waals surface area contributed by atoms with Crippen molar-refractivity contribution < 1.29 is 23.7 Å². The molecule has 0 bridgehead atoms. The molecule has 30 heavy (non-hydrogen) atoms. The van der Waals surface area contributed by atoms with Gasteiger partial charge in [-0.05, 0) is 40.7 Å². The highest BCUT2D eigenvalue weighted by Crippen LogP contribution is 2.44. The Morgan fingerprint density at radius 3 is 2.67 bits per heavy atom. The Bertz CT molecular complexity index is 953. The maximum absolute atomic E-state index is 12.5. The molecule has 0 radical (unpaired) electrons. The Morgan fingerprint density at radius 1 is 1.30 bits per heavy atom. The van der Waals surface area contributed by atoms with Crippen LogP contribution in [0.2, 0.25) is 0 Å². The van der Waals surface area contributed by atoms with E-state index in [0.29, 0.717) is 23.4 Å². The zero-order valence-electron chi connectivity index (χ0n) is 18.2. The van der Waals surface area contributed by atoms with Gasteiger partial charge in [0.25, 0.3) is 0 Å². The monoisotopic (exact) mass is 419 g/mol. The first-order valence-corrected chi connectivity index (χ1v) is 10.00. The molecule has 164 valence electrons. The molecule has 0 saturated carbocycles. The molecular weight excluding hydrogens is 390 g/mol. The fraction of sp³-hybridized carbons (Fsp3) is 0.650. The minimum atomic E-state index is -0.717. The standard InChI is InChI=1S/C20H29N5O5/c1-19(2,3)30-18(26)24(6)15-11-7-8-25(16(11)23-10-22-15)17-14-13(12(9-21)27-17)28-20(4,5)29-14/h7-8,10,12-14,17H,9,21H2,1-6H3/t12-,13-,14-,17-/m1/s1. The van der Waals surface area contributed by atoms with Gasteiger partial charge in [-0.2, -0.15) is 0 Å². The molecule has 2 aliphatic heterocycles. The third-order valence-corrected chi connectivity index (χ3v) is 5.11. The van der Waals surface area contributed by atoms with Crippen LogP contribution >= 0.6 is 0 Å². The van der Waals surface area contributed by atoms with Gasteiger partial charge in [-0.15, -0.1) is 0 Å². The highest BCUT2D eigenvalue weighted by molar-refractivity contribution is 5.97. The number of carbonyl (C=O) groups is 1. The first-order chi connectivity index (χ1) is 14.0. The SMILES string of the molecule is CN(C(=O)OC(C)(C)C)c1ncnc2c1ccn2[C@@H]1O[C@H](CN)[C@H]2OC(C)(C)O[C@H]21. The molecule has 2 saturated heterocycles. The molecule has 0 aromatic carbocycles. The largest absolute Gasteiger partial charge is 0.443 e. The van der Waals surface area contributed by atoms with Gasteiger partial charge in [0.2, 0.25) is 0 Å². The van der Waals surface area contributed by atoms with Crippen LogP contribution in [0.25, 0.3) is 11.0 Å². The average Bonchev–Trinajstić information content (AvgIpc) is 3.29. The zero-order valence-corrected chi connectivity index (χ0v) is 18.2. The van der Waals surface area contributed by atoms with Crippen LogP contribution in [-0.4, -0.2) is 63.9 Å². The van der Waals surface area contributed by atoms with Crippen molar-refractivity contribution in [1.82, 2.24) is 14.5 Å². The summed E-state index contributed by atoms with van der Waals surface area (Å²) in [6, 6.07) is 1.85. The van der Waals surface area contributed by atoms with E-state index in [1.807, 2.05) is 51.4 Å². The third kappa shape index (κ3) is 3.64. The van der Waals surface area contributed by atoms with E-state index in [4.69, 9.17) is 24.7 Å². The van der Waals surface area contributed by atoms with E-state index < -0.39 is 23.7 Å². The maximum Gasteiger partial charge on any atom is 0.415 e. The van der Waals surface area contributed by atoms with Crippen LogP contribution in [0.3, 0.4) is 0 Å². The van der Waals surface area contributed by atoms with Gasteiger partial charge >= 0.3 is 6.09 Å². The molecule has 2 aliphatic rings. The molecule has 2 aromatic rings. The number of rotatable bonds is 3. The zero-order chi connectivity index (χ0) is 21.8. The number of amides is 1. The smallest absolute Gasteiger partial charge is 0.415 e. The number of aromatic nitrogens is 3. The third-order valence-electron chi connectivity index (χ3n) is 5.11. The molecule has 0 aliphatic carbocycles. The number of hydrogen-bond acceptors (Lipinski definition) is 8. The quantitative estimate of drug-likeness (QED) is 0.805. The van der Waals surface area contributed by atoms with Gasteiger partial charge in [0.05, 0.1) is 5.39 Å². The topological polar surface area (TPSA) is 114 Å². The lowest BCUT2D eigenvalue weighted by Crippen LogP contribution is -2.34. The molecule has 2 fully saturated rings. The normalized spacial score (nSPS) is 28.0. The van der Waals surface area contributed by atoms with Crippen molar-refractivity contribution in [3.63, 3.8) is 0 Å². The molecular formula is C20H29N5O5. The summed E-state index contributed by atoms with van der Waals surface area (Å²) >= 11 is 0. The van der Waals surface area contributed by atoms with Crippen LogP contribution in [0.4, 0.5) is 10.6 Å². The van der Waals surface area contributed by atoms with Crippen molar-refractivity contribution in [2.75, 3.05) is 18.5 Å². The van der Waals surface area contributed by atoms with Gasteiger partial charge in [0, 0.05) is 19.8 Å². The van der Waals surface area contributed by atoms with E-state index in [9.17, 15) is 4.79 Å². The summed E-state index contributed by atoms with van der Waals surface area (Å²) in [7, 11) is 1.62. The summed E-state index contributed by atoms with van der Waals surface area (Å²) < 4.78 is 25.6. The van der Waals surface area contributed by atoms with E-state index in [-0.39, 0.29) is 18.3 Å². The first-order valence-electron chi connectivity index (χ1n) is 10.00. The van der Waals surface area contributed by atoms with Gasteiger partial charge in [-0.1, -0.05) is 0 Å². The van der Waals surface area contributed by atoms with Crippen LogP contribution < -0.4 is 10.6 Å². The highest BCUT2D eigenvalue weighted by atomic mass is 16.8. The predicted octanol–water partition coefficient (Wildman–Crippen LogP) is 2.18. The molecule has 2 aromatic heterocycles. The van der Waals surface area contributed by atoms with E-state index in [1.165, 1.54) is 11.2 Å². The Kier molecular flexibility index (Phi) is 5.00. The molecule has 0 spiro atoms. The fourth-order valence-electron chi connectivity index (χ4n) is 3.92. The lowest BCUT2D eigenvalue weighted by Gasteiger charge is -2.25. The molecule has 10 nitrogen and oxygen atoms in total. The van der Waals surface area contributed by atoms with Gasteiger partial charge in [0.15, 0.2) is 17.8 Å². The van der Waals surface area contributed by atoms with Crippen molar-refractivity contribution in [3.8, 4) is 0 Å². The second kappa shape index (κ2) is 7.16. The summed E-state index contributed by atoms with van der Waals surface area (Å²) in [6.45, 7) is 9.52. The molecule has 10 heteroatoms. The summed E-state index contributed by atoms with van der Waals surface area (Å²) in [6.07, 6.45) is 1.43. The number of hydrogen-bond donors (Lipinski definition) is 1. The molecule has 1 amide bonds. The first kappa shape index (κ1) is 21.0. The van der Waals surface area contributed by atoms with E-state index >= 15 is 0 Å². The molecule has 4 atom stereocenters. The Hall–Kier alpha value is -2.27. The van der Waals surface area contributed by atoms with Crippen LogP contribution in [0.15, 0.2) is 18.6 Å². The minimum Gasteiger partial charge on any atom is -0.443 e. The van der Waals surface area contributed by atoms with Crippen molar-refractivity contribution >= 4 is 22.9 Å². The highest BCUT2D eigenvalue weighted by Gasteiger charge is 2.55. The maximum atomic E-state index is 12.5. The molecule has 0 unspecified atom stereocenters. The Balaban J connectivity index is 1.68. The van der Waals surface area contributed by atoms with Gasteiger partial charge < -0.3 is 29.2 Å². The van der Waals surface area contributed by atoms with Gasteiger partial charge in [-0.3, -0.25) is 4.90 Å². The van der Waals surface area contributed by atoms with E-state index in [1.54, 1.807) is 7.05 Å². The summed E-state index contributed by atoms with van der Waals surface area (Å²) in [4.78, 5) is 22.6. The van der Waals surface area contributed by atoms with Crippen molar-refractivity contribution in [2.45, 2.75) is 70.5 Å². The number of carbonyl (C=O) groups excluding carboxylic acids is 1. The van der Waals surface area contributed by atoms with Crippen molar-refractivity contribution in [1.29, 1.82) is 0 Å². The average molecular weight is 419 g/mol. The Labute approximate surface area is 175 Å². The van der Waals surface area contributed by atoms with Crippen LogP contribution in [0, 0.1) is 0 Å². The molecule has 4 rings (SSSR count). The molecule has 4 heterocycles. The van der Waals surface area contributed by atoms with Crippen molar-refractivity contribution in [2.24, 2.45) is 5.73 Å². The van der Waals surface area contributed by atoms with Crippen molar-refractivity contribution in [3.05, 3.63) is 18.6 Å². The van der Waals surface area contributed by atoms with Crippen LogP contribution in [0.5, 0.6) is 0 Å². The number of anilines is 1. The number of fused-ring (bicyclic) bond motifs is 2. The summed E-state index contributed by atoms with van der Waals surface area (Å²) in [5, 5.41) is 0.695. The number of ether oxygens (including phenoxy) is 4. The van der Waals surface area contributed by atoms with E-state index in [2.05, 4.69) is 9.97 Å². The minimum absolute atomic E-state index is 0.266. The van der Waals surface area contributed by atoms with Crippen LogP contribution in [-0.2, 0) is 18.9 Å². The number of nitrogens with two attached hydrogens (primary N) is 1.